The van der Waals surface area contributed by atoms with Crippen LogP contribution < -0.4 is 5.32 Å². The first-order valence-electron chi connectivity index (χ1n) is 6.80. The lowest BCUT2D eigenvalue weighted by molar-refractivity contribution is 0.171. The van der Waals surface area contributed by atoms with Gasteiger partial charge in [-0.15, -0.1) is 0 Å². The lowest BCUT2D eigenvalue weighted by atomic mass is 10.0. The van der Waals surface area contributed by atoms with Crippen molar-refractivity contribution in [3.63, 3.8) is 0 Å². The molecule has 19 heavy (non-hydrogen) atoms. The second kappa shape index (κ2) is 5.90. The molecule has 1 aromatic rings. The van der Waals surface area contributed by atoms with Crippen molar-refractivity contribution >= 4 is 15.9 Å². The number of benzene rings is 1. The standard InChI is InChI=1S/C15H22BrFN2/c1-11-6-7-18-15(2,3)10-19(11)9-12-8-13(16)4-5-14(12)17/h4-5,8,11,18H,6-7,9-10H2,1-3H3. The van der Waals surface area contributed by atoms with Crippen LogP contribution >= 0.6 is 15.9 Å². The molecule has 0 aliphatic carbocycles. The third-order valence-corrected chi connectivity index (χ3v) is 4.26. The zero-order chi connectivity index (χ0) is 14.0. The molecule has 2 rings (SSSR count). The van der Waals surface area contributed by atoms with E-state index in [9.17, 15) is 4.39 Å². The molecule has 0 saturated carbocycles. The fraction of sp³-hybridized carbons (Fsp3) is 0.600. The minimum absolute atomic E-state index is 0.0766. The van der Waals surface area contributed by atoms with Gasteiger partial charge in [0.2, 0.25) is 0 Å². The van der Waals surface area contributed by atoms with E-state index in [1.54, 1.807) is 6.07 Å². The quantitative estimate of drug-likeness (QED) is 0.893. The van der Waals surface area contributed by atoms with E-state index in [2.05, 4.69) is 46.9 Å². The van der Waals surface area contributed by atoms with Crippen LogP contribution in [0, 0.1) is 5.82 Å². The molecule has 1 unspecified atom stereocenters. The van der Waals surface area contributed by atoms with Crippen LogP contribution in [0.4, 0.5) is 4.39 Å². The van der Waals surface area contributed by atoms with Crippen molar-refractivity contribution in [3.8, 4) is 0 Å². The fourth-order valence-corrected chi connectivity index (χ4v) is 3.02. The van der Waals surface area contributed by atoms with Gasteiger partial charge in [0, 0.05) is 34.7 Å². The summed E-state index contributed by atoms with van der Waals surface area (Å²) >= 11 is 3.42. The molecule has 106 valence electrons. The Morgan fingerprint density at radius 3 is 2.95 bits per heavy atom. The van der Waals surface area contributed by atoms with Gasteiger partial charge in [-0.05, 0) is 51.9 Å². The van der Waals surface area contributed by atoms with Gasteiger partial charge >= 0.3 is 0 Å². The van der Waals surface area contributed by atoms with E-state index in [0.29, 0.717) is 12.6 Å². The largest absolute Gasteiger partial charge is 0.310 e. The van der Waals surface area contributed by atoms with Crippen molar-refractivity contribution in [2.24, 2.45) is 0 Å². The van der Waals surface area contributed by atoms with Crippen molar-refractivity contribution in [3.05, 3.63) is 34.1 Å². The Balaban J connectivity index is 2.17. The number of nitrogens with zero attached hydrogens (tertiary/aromatic N) is 1. The van der Waals surface area contributed by atoms with E-state index in [1.165, 1.54) is 6.07 Å². The van der Waals surface area contributed by atoms with E-state index in [0.717, 1.165) is 29.5 Å². The predicted molar refractivity (Wildman–Crippen MR) is 80.7 cm³/mol. The van der Waals surface area contributed by atoms with Crippen LogP contribution in [0.2, 0.25) is 0 Å². The molecule has 1 aromatic carbocycles. The van der Waals surface area contributed by atoms with Gasteiger partial charge < -0.3 is 5.32 Å². The normalized spacial score (nSPS) is 24.2. The van der Waals surface area contributed by atoms with Crippen LogP contribution in [0.3, 0.4) is 0 Å². The van der Waals surface area contributed by atoms with E-state index in [4.69, 9.17) is 0 Å². The third kappa shape index (κ3) is 4.01. The average molecular weight is 329 g/mol. The Morgan fingerprint density at radius 1 is 1.47 bits per heavy atom. The summed E-state index contributed by atoms with van der Waals surface area (Å²) in [7, 11) is 0. The molecule has 0 aromatic heterocycles. The predicted octanol–water partition coefficient (Wildman–Crippen LogP) is 3.55. The van der Waals surface area contributed by atoms with Crippen molar-refractivity contribution in [2.75, 3.05) is 13.1 Å². The summed E-state index contributed by atoms with van der Waals surface area (Å²) in [6, 6.07) is 5.63. The van der Waals surface area contributed by atoms with Crippen LogP contribution in [0.1, 0.15) is 32.8 Å². The van der Waals surface area contributed by atoms with Gasteiger partial charge in [0.05, 0.1) is 0 Å². The summed E-state index contributed by atoms with van der Waals surface area (Å²) < 4.78 is 14.8. The summed E-state index contributed by atoms with van der Waals surface area (Å²) in [5.74, 6) is -0.120. The molecule has 0 bridgehead atoms. The van der Waals surface area contributed by atoms with E-state index >= 15 is 0 Å². The molecule has 0 amide bonds. The topological polar surface area (TPSA) is 15.3 Å². The molecule has 0 radical (unpaired) electrons. The number of rotatable bonds is 2. The van der Waals surface area contributed by atoms with Gasteiger partial charge in [-0.3, -0.25) is 4.90 Å². The van der Waals surface area contributed by atoms with Gasteiger partial charge in [-0.2, -0.15) is 0 Å². The lowest BCUT2D eigenvalue weighted by Gasteiger charge is -2.33. The second-order valence-electron chi connectivity index (χ2n) is 6.09. The zero-order valence-corrected chi connectivity index (χ0v) is 13.4. The molecule has 2 nitrogen and oxygen atoms in total. The molecule has 1 fully saturated rings. The van der Waals surface area contributed by atoms with Crippen LogP contribution in [0.25, 0.3) is 0 Å². The minimum atomic E-state index is -0.120. The van der Waals surface area contributed by atoms with Gasteiger partial charge in [-0.25, -0.2) is 4.39 Å². The Hall–Kier alpha value is -0.450. The molecular weight excluding hydrogens is 307 g/mol. The Labute approximate surface area is 123 Å². The molecule has 1 aliphatic rings. The lowest BCUT2D eigenvalue weighted by Crippen LogP contribution is -2.47. The summed E-state index contributed by atoms with van der Waals surface area (Å²) in [5, 5.41) is 3.55. The van der Waals surface area contributed by atoms with Crippen molar-refractivity contribution in [1.29, 1.82) is 0 Å². The van der Waals surface area contributed by atoms with Crippen LogP contribution in [0.15, 0.2) is 22.7 Å². The molecule has 4 heteroatoms. The number of halogens is 2. The summed E-state index contributed by atoms with van der Waals surface area (Å²) in [6.07, 6.45) is 1.10. The van der Waals surface area contributed by atoms with Crippen molar-refractivity contribution in [2.45, 2.75) is 45.3 Å². The van der Waals surface area contributed by atoms with Crippen LogP contribution in [-0.4, -0.2) is 29.6 Å². The molecule has 1 aliphatic heterocycles. The first-order chi connectivity index (χ1) is 8.87. The monoisotopic (exact) mass is 328 g/mol. The van der Waals surface area contributed by atoms with Gasteiger partial charge in [0.15, 0.2) is 0 Å². The number of nitrogens with one attached hydrogen (secondary N) is 1. The smallest absolute Gasteiger partial charge is 0.127 e. The average Bonchev–Trinajstić information content (AvgIpc) is 2.43. The van der Waals surface area contributed by atoms with Crippen molar-refractivity contribution in [1.82, 2.24) is 10.2 Å². The maximum absolute atomic E-state index is 13.9. The summed E-state index contributed by atoms with van der Waals surface area (Å²) in [5.41, 5.74) is 0.840. The fourth-order valence-electron chi connectivity index (χ4n) is 2.62. The van der Waals surface area contributed by atoms with E-state index in [-0.39, 0.29) is 11.4 Å². The highest BCUT2D eigenvalue weighted by molar-refractivity contribution is 9.10. The highest BCUT2D eigenvalue weighted by Gasteiger charge is 2.28. The Morgan fingerprint density at radius 2 is 2.21 bits per heavy atom. The molecular formula is C15H22BrFN2. The van der Waals surface area contributed by atoms with Gasteiger partial charge in [0.25, 0.3) is 0 Å². The minimum Gasteiger partial charge on any atom is -0.310 e. The maximum atomic E-state index is 13.9. The number of hydrogen-bond acceptors (Lipinski definition) is 2. The van der Waals surface area contributed by atoms with Crippen molar-refractivity contribution < 1.29 is 4.39 Å². The summed E-state index contributed by atoms with van der Waals surface area (Å²) in [6.45, 7) is 9.24. The molecule has 1 heterocycles. The van der Waals surface area contributed by atoms with E-state index in [1.807, 2.05) is 6.07 Å². The summed E-state index contributed by atoms with van der Waals surface area (Å²) in [4.78, 5) is 2.37. The second-order valence-corrected chi connectivity index (χ2v) is 7.00. The molecule has 1 N–H and O–H groups in total. The number of hydrogen-bond donors (Lipinski definition) is 1. The zero-order valence-electron chi connectivity index (χ0n) is 11.8. The Kier molecular flexibility index (Phi) is 4.64. The Bertz CT molecular complexity index is 448. The van der Waals surface area contributed by atoms with Crippen LogP contribution in [-0.2, 0) is 6.54 Å². The van der Waals surface area contributed by atoms with Gasteiger partial charge in [0.1, 0.15) is 5.82 Å². The first-order valence-corrected chi connectivity index (χ1v) is 7.60. The SMILES string of the molecule is CC1CCNC(C)(C)CN1Cc1cc(Br)ccc1F. The first kappa shape index (κ1) is 14.9. The maximum Gasteiger partial charge on any atom is 0.127 e. The third-order valence-electron chi connectivity index (χ3n) is 3.77. The molecule has 0 spiro atoms. The van der Waals surface area contributed by atoms with E-state index < -0.39 is 0 Å². The van der Waals surface area contributed by atoms with Crippen LogP contribution in [0.5, 0.6) is 0 Å². The van der Waals surface area contributed by atoms with Gasteiger partial charge in [-0.1, -0.05) is 15.9 Å². The highest BCUT2D eigenvalue weighted by atomic mass is 79.9. The molecule has 1 atom stereocenters. The highest BCUT2D eigenvalue weighted by Crippen LogP contribution is 2.22. The molecule has 1 saturated heterocycles.